The van der Waals surface area contributed by atoms with Crippen LogP contribution in [0.2, 0.25) is 0 Å². The molecule has 0 aromatic carbocycles. The van der Waals surface area contributed by atoms with Crippen molar-refractivity contribution in [1.82, 2.24) is 10.6 Å². The number of carboxylic acids is 1. The fourth-order valence-electron chi connectivity index (χ4n) is 2.54. The van der Waals surface area contributed by atoms with Gasteiger partial charge in [-0.05, 0) is 19.8 Å². The Morgan fingerprint density at radius 2 is 1.94 bits per heavy atom. The van der Waals surface area contributed by atoms with Crippen molar-refractivity contribution in [2.75, 3.05) is 13.2 Å². The molecule has 0 radical (unpaired) electrons. The lowest BCUT2D eigenvalue weighted by Gasteiger charge is -2.26. The van der Waals surface area contributed by atoms with Gasteiger partial charge in [0.1, 0.15) is 5.41 Å². The number of rotatable bonds is 3. The van der Waals surface area contributed by atoms with Gasteiger partial charge < -0.3 is 20.5 Å². The first kappa shape index (κ1) is 13.1. The van der Waals surface area contributed by atoms with Crippen molar-refractivity contribution in [3.05, 3.63) is 0 Å². The molecule has 2 fully saturated rings. The topological polar surface area (TPSA) is 87.7 Å². The third kappa shape index (κ3) is 2.58. The van der Waals surface area contributed by atoms with Crippen LogP contribution in [-0.2, 0) is 9.53 Å². The summed E-state index contributed by atoms with van der Waals surface area (Å²) >= 11 is 0. The molecule has 6 nitrogen and oxygen atoms in total. The molecule has 2 rings (SSSR count). The molecule has 3 N–H and O–H groups in total. The summed E-state index contributed by atoms with van der Waals surface area (Å²) in [4.78, 5) is 23.0. The van der Waals surface area contributed by atoms with E-state index in [9.17, 15) is 14.7 Å². The van der Waals surface area contributed by atoms with Gasteiger partial charge in [-0.25, -0.2) is 4.79 Å². The minimum absolute atomic E-state index is 0.136. The third-order valence-corrected chi connectivity index (χ3v) is 3.94. The standard InChI is InChI=1S/C12H20N2O4/c1-12(10(15)16)7-18-6-9(12)14-11(17)13-8-4-2-3-5-8/h8-9H,2-7H2,1H3,(H,15,16)(H2,13,14,17). The molecule has 1 heterocycles. The first-order valence-corrected chi connectivity index (χ1v) is 6.40. The average molecular weight is 256 g/mol. The molecule has 1 saturated carbocycles. The van der Waals surface area contributed by atoms with Crippen LogP contribution in [0.25, 0.3) is 0 Å². The number of hydrogen-bond donors (Lipinski definition) is 3. The maximum atomic E-state index is 11.8. The van der Waals surface area contributed by atoms with Crippen molar-refractivity contribution in [2.45, 2.75) is 44.7 Å². The number of hydrogen-bond acceptors (Lipinski definition) is 3. The quantitative estimate of drug-likeness (QED) is 0.694. The SMILES string of the molecule is CC1(C(=O)O)COCC1NC(=O)NC1CCCC1. The number of urea groups is 1. The van der Waals surface area contributed by atoms with Gasteiger partial charge in [-0.15, -0.1) is 0 Å². The van der Waals surface area contributed by atoms with Gasteiger partial charge >= 0.3 is 12.0 Å². The summed E-state index contributed by atoms with van der Waals surface area (Å²) in [6, 6.07) is -0.537. The highest BCUT2D eigenvalue weighted by molar-refractivity contribution is 5.79. The summed E-state index contributed by atoms with van der Waals surface area (Å²) in [5.41, 5.74) is -1.03. The van der Waals surface area contributed by atoms with E-state index in [4.69, 9.17) is 4.74 Å². The minimum Gasteiger partial charge on any atom is -0.481 e. The number of nitrogens with one attached hydrogen (secondary N) is 2. The zero-order valence-electron chi connectivity index (χ0n) is 10.6. The molecule has 1 saturated heterocycles. The van der Waals surface area contributed by atoms with E-state index in [1.807, 2.05) is 0 Å². The van der Waals surface area contributed by atoms with E-state index in [-0.39, 0.29) is 25.3 Å². The van der Waals surface area contributed by atoms with E-state index in [1.54, 1.807) is 6.92 Å². The Balaban J connectivity index is 1.88. The predicted molar refractivity (Wildman–Crippen MR) is 64.3 cm³/mol. The summed E-state index contributed by atoms with van der Waals surface area (Å²) in [6.45, 7) is 1.99. The van der Waals surface area contributed by atoms with E-state index in [0.29, 0.717) is 0 Å². The Morgan fingerprint density at radius 3 is 2.56 bits per heavy atom. The molecule has 2 amide bonds. The number of aliphatic carboxylic acids is 1. The van der Waals surface area contributed by atoms with Gasteiger partial charge in [0.25, 0.3) is 0 Å². The molecule has 2 unspecified atom stereocenters. The highest BCUT2D eigenvalue weighted by Crippen LogP contribution is 2.28. The number of carboxylic acid groups (broad SMARTS) is 1. The van der Waals surface area contributed by atoms with Crippen molar-refractivity contribution in [3.63, 3.8) is 0 Å². The number of ether oxygens (including phenoxy) is 1. The number of carbonyl (C=O) groups is 2. The van der Waals surface area contributed by atoms with E-state index in [1.165, 1.54) is 0 Å². The second-order valence-electron chi connectivity index (χ2n) is 5.39. The van der Waals surface area contributed by atoms with Crippen molar-refractivity contribution in [1.29, 1.82) is 0 Å². The Labute approximate surface area is 106 Å². The minimum atomic E-state index is -1.03. The summed E-state index contributed by atoms with van der Waals surface area (Å²) in [7, 11) is 0. The molecular weight excluding hydrogens is 236 g/mol. The van der Waals surface area contributed by atoms with Crippen LogP contribution in [0.15, 0.2) is 0 Å². The lowest BCUT2D eigenvalue weighted by molar-refractivity contribution is -0.148. The smallest absolute Gasteiger partial charge is 0.315 e. The zero-order valence-corrected chi connectivity index (χ0v) is 10.6. The molecule has 2 aliphatic rings. The second-order valence-corrected chi connectivity index (χ2v) is 5.39. The highest BCUT2D eigenvalue weighted by atomic mass is 16.5. The van der Waals surface area contributed by atoms with Crippen LogP contribution in [0.3, 0.4) is 0 Å². The summed E-state index contributed by atoms with van der Waals surface area (Å²) < 4.78 is 5.18. The van der Waals surface area contributed by atoms with Crippen LogP contribution in [0, 0.1) is 5.41 Å². The highest BCUT2D eigenvalue weighted by Gasteiger charge is 2.47. The predicted octanol–water partition coefficient (Wildman–Crippen LogP) is 0.718. The fraction of sp³-hybridized carbons (Fsp3) is 0.833. The second kappa shape index (κ2) is 5.14. The maximum absolute atomic E-state index is 11.8. The van der Waals surface area contributed by atoms with E-state index in [2.05, 4.69) is 10.6 Å². The van der Waals surface area contributed by atoms with Crippen LogP contribution in [0.5, 0.6) is 0 Å². The normalized spacial score (nSPS) is 32.4. The Kier molecular flexibility index (Phi) is 3.75. The molecular formula is C12H20N2O4. The molecule has 1 aliphatic heterocycles. The van der Waals surface area contributed by atoms with Gasteiger partial charge in [-0.2, -0.15) is 0 Å². The number of amides is 2. The van der Waals surface area contributed by atoms with Crippen LogP contribution in [-0.4, -0.2) is 42.4 Å². The average Bonchev–Trinajstić information content (AvgIpc) is 2.90. The molecule has 1 aliphatic carbocycles. The fourth-order valence-corrected chi connectivity index (χ4v) is 2.54. The van der Waals surface area contributed by atoms with Crippen LogP contribution < -0.4 is 10.6 Å². The Bertz CT molecular complexity index is 341. The van der Waals surface area contributed by atoms with Gasteiger partial charge in [0.2, 0.25) is 0 Å². The molecule has 0 aromatic rings. The van der Waals surface area contributed by atoms with Gasteiger partial charge in [0.15, 0.2) is 0 Å². The third-order valence-electron chi connectivity index (χ3n) is 3.94. The molecule has 2 atom stereocenters. The van der Waals surface area contributed by atoms with Gasteiger partial charge in [-0.1, -0.05) is 12.8 Å². The van der Waals surface area contributed by atoms with E-state index in [0.717, 1.165) is 25.7 Å². The van der Waals surface area contributed by atoms with Crippen molar-refractivity contribution in [3.8, 4) is 0 Å². The largest absolute Gasteiger partial charge is 0.481 e. The van der Waals surface area contributed by atoms with Crippen molar-refractivity contribution >= 4 is 12.0 Å². The molecule has 6 heteroatoms. The van der Waals surface area contributed by atoms with Crippen molar-refractivity contribution in [2.24, 2.45) is 5.41 Å². The van der Waals surface area contributed by atoms with Crippen molar-refractivity contribution < 1.29 is 19.4 Å². The monoisotopic (exact) mass is 256 g/mol. The van der Waals surface area contributed by atoms with Crippen LogP contribution >= 0.6 is 0 Å². The summed E-state index contributed by atoms with van der Waals surface area (Å²) in [6.07, 6.45) is 4.30. The Morgan fingerprint density at radius 1 is 1.28 bits per heavy atom. The maximum Gasteiger partial charge on any atom is 0.315 e. The van der Waals surface area contributed by atoms with Gasteiger partial charge in [0, 0.05) is 6.04 Å². The molecule has 0 aromatic heterocycles. The molecule has 0 spiro atoms. The molecule has 0 bridgehead atoms. The van der Waals surface area contributed by atoms with E-state index >= 15 is 0 Å². The van der Waals surface area contributed by atoms with Gasteiger partial charge in [0.05, 0.1) is 19.3 Å². The lowest BCUT2D eigenvalue weighted by atomic mass is 9.85. The molecule has 18 heavy (non-hydrogen) atoms. The first-order chi connectivity index (χ1) is 8.52. The van der Waals surface area contributed by atoms with Crippen LogP contribution in [0.1, 0.15) is 32.6 Å². The first-order valence-electron chi connectivity index (χ1n) is 6.40. The zero-order chi connectivity index (χ0) is 13.2. The van der Waals surface area contributed by atoms with E-state index < -0.39 is 17.4 Å². The summed E-state index contributed by atoms with van der Waals surface area (Å²) in [5, 5.41) is 14.8. The van der Waals surface area contributed by atoms with Crippen LogP contribution in [0.4, 0.5) is 4.79 Å². The summed E-state index contributed by atoms with van der Waals surface area (Å²) in [5.74, 6) is -0.939. The lowest BCUT2D eigenvalue weighted by Crippen LogP contribution is -2.53. The number of carbonyl (C=O) groups excluding carboxylic acids is 1. The Hall–Kier alpha value is -1.30. The molecule has 102 valence electrons. The van der Waals surface area contributed by atoms with Gasteiger partial charge in [-0.3, -0.25) is 4.79 Å².